The monoisotopic (exact) mass is 235 g/mol. The molecule has 1 nitrogen and oxygen atoms in total. The molecule has 17 heavy (non-hydrogen) atoms. The molecule has 0 heterocycles. The summed E-state index contributed by atoms with van der Waals surface area (Å²) in [6.07, 6.45) is 5.08. The first-order chi connectivity index (χ1) is 8.14. The molecule has 0 bridgehead atoms. The zero-order chi connectivity index (χ0) is 12.3. The van der Waals surface area contributed by atoms with E-state index < -0.39 is 5.67 Å². The van der Waals surface area contributed by atoms with Crippen molar-refractivity contribution in [1.82, 2.24) is 0 Å². The lowest BCUT2D eigenvalue weighted by Crippen LogP contribution is -2.36. The van der Waals surface area contributed by atoms with Crippen molar-refractivity contribution in [3.05, 3.63) is 35.4 Å². The molecule has 2 N–H and O–H groups in total. The summed E-state index contributed by atoms with van der Waals surface area (Å²) in [7, 11) is 0. The highest BCUT2D eigenvalue weighted by molar-refractivity contribution is 5.29. The summed E-state index contributed by atoms with van der Waals surface area (Å²) in [5.41, 5.74) is 6.78. The number of rotatable bonds is 3. The molecule has 1 aromatic carbocycles. The van der Waals surface area contributed by atoms with Gasteiger partial charge in [0.05, 0.1) is 0 Å². The Balaban J connectivity index is 2.22. The van der Waals surface area contributed by atoms with E-state index in [9.17, 15) is 4.39 Å². The third-order valence-electron chi connectivity index (χ3n) is 3.72. The van der Waals surface area contributed by atoms with E-state index in [2.05, 4.69) is 13.0 Å². The van der Waals surface area contributed by atoms with Gasteiger partial charge in [0.25, 0.3) is 0 Å². The average molecular weight is 235 g/mol. The molecule has 2 rings (SSSR count). The maximum Gasteiger partial charge on any atom is 0.137 e. The lowest BCUT2D eigenvalue weighted by atomic mass is 9.78. The standard InChI is InChI=1S/C15H22FN/c1-2-5-12-6-3-7-13(10-12)15(16)9-4-8-14(17)11-15/h3,6-7,10,14H,2,4-5,8-9,11,17H2,1H3. The second-order valence-corrected chi connectivity index (χ2v) is 5.27. The summed E-state index contributed by atoms with van der Waals surface area (Å²) in [5.74, 6) is 0. The molecular weight excluding hydrogens is 213 g/mol. The maximum atomic E-state index is 14.9. The molecule has 1 aromatic rings. The van der Waals surface area contributed by atoms with Gasteiger partial charge >= 0.3 is 0 Å². The zero-order valence-electron chi connectivity index (χ0n) is 10.6. The lowest BCUT2D eigenvalue weighted by molar-refractivity contribution is 0.0947. The summed E-state index contributed by atoms with van der Waals surface area (Å²) in [5, 5.41) is 0. The van der Waals surface area contributed by atoms with E-state index in [0.717, 1.165) is 31.2 Å². The molecule has 0 spiro atoms. The number of alkyl halides is 1. The lowest BCUT2D eigenvalue weighted by Gasteiger charge is -2.33. The minimum absolute atomic E-state index is 0.0172. The van der Waals surface area contributed by atoms with Crippen LogP contribution in [-0.2, 0) is 12.1 Å². The Labute approximate surface area is 103 Å². The van der Waals surface area contributed by atoms with Crippen molar-refractivity contribution in [3.63, 3.8) is 0 Å². The van der Waals surface area contributed by atoms with Gasteiger partial charge in [-0.25, -0.2) is 4.39 Å². The largest absolute Gasteiger partial charge is 0.328 e. The van der Waals surface area contributed by atoms with Crippen LogP contribution in [0.25, 0.3) is 0 Å². The van der Waals surface area contributed by atoms with Gasteiger partial charge in [0.2, 0.25) is 0 Å². The number of hydrogen-bond donors (Lipinski definition) is 1. The van der Waals surface area contributed by atoms with Crippen LogP contribution in [-0.4, -0.2) is 6.04 Å². The quantitative estimate of drug-likeness (QED) is 0.849. The number of halogens is 1. The highest BCUT2D eigenvalue weighted by Gasteiger charge is 2.36. The molecule has 2 unspecified atom stereocenters. The van der Waals surface area contributed by atoms with Crippen LogP contribution in [0.15, 0.2) is 24.3 Å². The third kappa shape index (κ3) is 2.86. The van der Waals surface area contributed by atoms with Crippen LogP contribution in [0.2, 0.25) is 0 Å². The molecule has 0 aliphatic heterocycles. The van der Waals surface area contributed by atoms with E-state index in [4.69, 9.17) is 5.73 Å². The number of aryl methyl sites for hydroxylation is 1. The molecule has 1 saturated carbocycles. The van der Waals surface area contributed by atoms with Crippen LogP contribution in [0.4, 0.5) is 4.39 Å². The van der Waals surface area contributed by atoms with Gasteiger partial charge in [-0.1, -0.05) is 37.6 Å². The predicted molar refractivity (Wildman–Crippen MR) is 69.7 cm³/mol. The van der Waals surface area contributed by atoms with Gasteiger partial charge in [-0.2, -0.15) is 0 Å². The van der Waals surface area contributed by atoms with Crippen molar-refractivity contribution in [2.24, 2.45) is 5.73 Å². The van der Waals surface area contributed by atoms with E-state index in [1.54, 1.807) is 0 Å². The van der Waals surface area contributed by atoms with Crippen LogP contribution in [0.3, 0.4) is 0 Å². The zero-order valence-corrected chi connectivity index (χ0v) is 10.6. The Morgan fingerprint density at radius 2 is 2.29 bits per heavy atom. The minimum atomic E-state index is -1.19. The third-order valence-corrected chi connectivity index (χ3v) is 3.72. The van der Waals surface area contributed by atoms with Crippen LogP contribution in [0.5, 0.6) is 0 Å². The molecule has 0 radical (unpaired) electrons. The molecule has 0 aromatic heterocycles. The Hall–Kier alpha value is -0.890. The Kier molecular flexibility index (Phi) is 3.82. The van der Waals surface area contributed by atoms with Gasteiger partial charge in [-0.3, -0.25) is 0 Å². The molecule has 0 amide bonds. The first-order valence-electron chi connectivity index (χ1n) is 6.68. The molecule has 0 saturated heterocycles. The summed E-state index contributed by atoms with van der Waals surface area (Å²) in [6.45, 7) is 2.15. The Morgan fingerprint density at radius 3 is 3.00 bits per heavy atom. The molecule has 1 aliphatic carbocycles. The van der Waals surface area contributed by atoms with Crippen molar-refractivity contribution in [2.45, 2.75) is 57.2 Å². The predicted octanol–water partition coefficient (Wildman–Crippen LogP) is 3.71. The van der Waals surface area contributed by atoms with E-state index in [1.807, 2.05) is 18.2 Å². The van der Waals surface area contributed by atoms with Crippen molar-refractivity contribution in [1.29, 1.82) is 0 Å². The van der Waals surface area contributed by atoms with Gasteiger partial charge in [-0.15, -0.1) is 0 Å². The van der Waals surface area contributed by atoms with Gasteiger partial charge in [0.15, 0.2) is 0 Å². The topological polar surface area (TPSA) is 26.0 Å². The maximum absolute atomic E-state index is 14.9. The molecule has 94 valence electrons. The van der Waals surface area contributed by atoms with Crippen molar-refractivity contribution in [2.75, 3.05) is 0 Å². The smallest absolute Gasteiger partial charge is 0.137 e. The number of hydrogen-bond acceptors (Lipinski definition) is 1. The molecule has 2 atom stereocenters. The van der Waals surface area contributed by atoms with Crippen molar-refractivity contribution < 1.29 is 4.39 Å². The normalized spacial score (nSPS) is 29.2. The second-order valence-electron chi connectivity index (χ2n) is 5.27. The first-order valence-corrected chi connectivity index (χ1v) is 6.68. The van der Waals surface area contributed by atoms with Gasteiger partial charge in [0, 0.05) is 12.5 Å². The molecule has 2 heteroatoms. The highest BCUT2D eigenvalue weighted by Crippen LogP contribution is 2.40. The number of benzene rings is 1. The van der Waals surface area contributed by atoms with Gasteiger partial charge in [0.1, 0.15) is 5.67 Å². The fourth-order valence-electron chi connectivity index (χ4n) is 2.82. The number of nitrogens with two attached hydrogens (primary N) is 1. The highest BCUT2D eigenvalue weighted by atomic mass is 19.1. The van der Waals surface area contributed by atoms with E-state index in [-0.39, 0.29) is 6.04 Å². The Morgan fingerprint density at radius 1 is 1.47 bits per heavy atom. The second kappa shape index (κ2) is 5.18. The summed E-state index contributed by atoms with van der Waals surface area (Å²) in [4.78, 5) is 0. The average Bonchev–Trinajstić information content (AvgIpc) is 2.29. The van der Waals surface area contributed by atoms with Gasteiger partial charge < -0.3 is 5.73 Å². The van der Waals surface area contributed by atoms with Crippen LogP contribution >= 0.6 is 0 Å². The first kappa shape index (κ1) is 12.6. The van der Waals surface area contributed by atoms with E-state index >= 15 is 0 Å². The molecule has 1 fully saturated rings. The van der Waals surface area contributed by atoms with Crippen LogP contribution in [0, 0.1) is 0 Å². The Bertz CT molecular complexity index is 377. The molecule has 1 aliphatic rings. The summed E-state index contributed by atoms with van der Waals surface area (Å²) < 4.78 is 14.9. The van der Waals surface area contributed by atoms with E-state index in [0.29, 0.717) is 12.8 Å². The minimum Gasteiger partial charge on any atom is -0.328 e. The van der Waals surface area contributed by atoms with Crippen molar-refractivity contribution in [3.8, 4) is 0 Å². The summed E-state index contributed by atoms with van der Waals surface area (Å²) >= 11 is 0. The summed E-state index contributed by atoms with van der Waals surface area (Å²) in [6, 6.07) is 8.02. The van der Waals surface area contributed by atoms with E-state index in [1.165, 1.54) is 5.56 Å². The van der Waals surface area contributed by atoms with Crippen LogP contribution in [0.1, 0.15) is 50.2 Å². The van der Waals surface area contributed by atoms with Crippen LogP contribution < -0.4 is 5.73 Å². The fraction of sp³-hybridized carbons (Fsp3) is 0.600. The van der Waals surface area contributed by atoms with Gasteiger partial charge in [-0.05, 0) is 36.8 Å². The van der Waals surface area contributed by atoms with Crippen molar-refractivity contribution >= 4 is 0 Å². The molecular formula is C15H22FN. The SMILES string of the molecule is CCCc1cccc(C2(F)CCCC(N)C2)c1. The fourth-order valence-corrected chi connectivity index (χ4v) is 2.82.